The molecule has 0 radical (unpaired) electrons. The van der Waals surface area contributed by atoms with E-state index in [1.165, 1.54) is 16.6 Å². The third-order valence-corrected chi connectivity index (χ3v) is 4.34. The fourth-order valence-corrected chi connectivity index (χ4v) is 2.74. The highest BCUT2D eigenvalue weighted by Crippen LogP contribution is 2.27. The zero-order valence-corrected chi connectivity index (χ0v) is 13.5. The molecule has 0 aliphatic heterocycles. The standard InChI is InChI=1S/C19H23N3/c1-4-16(20)12-22-18-11-14(3)13(2)10-17(18)21-19(22)15-8-6-5-7-9-15/h5-11,16H,4,12,20H2,1-3H3. The van der Waals surface area contributed by atoms with Gasteiger partial charge in [-0.05, 0) is 43.5 Å². The highest BCUT2D eigenvalue weighted by Gasteiger charge is 2.15. The second-order valence-corrected chi connectivity index (χ2v) is 6.01. The Bertz CT molecular complexity index is 787. The van der Waals surface area contributed by atoms with Crippen molar-refractivity contribution in [2.24, 2.45) is 5.73 Å². The molecule has 2 aromatic carbocycles. The number of aromatic nitrogens is 2. The largest absolute Gasteiger partial charge is 0.326 e. The van der Waals surface area contributed by atoms with Crippen molar-refractivity contribution in [2.75, 3.05) is 0 Å². The van der Waals surface area contributed by atoms with Gasteiger partial charge >= 0.3 is 0 Å². The number of aryl methyl sites for hydroxylation is 2. The van der Waals surface area contributed by atoms with Gasteiger partial charge in [0.05, 0.1) is 11.0 Å². The van der Waals surface area contributed by atoms with Gasteiger partial charge in [-0.1, -0.05) is 37.3 Å². The van der Waals surface area contributed by atoms with E-state index >= 15 is 0 Å². The topological polar surface area (TPSA) is 43.8 Å². The van der Waals surface area contributed by atoms with E-state index in [0.29, 0.717) is 0 Å². The fourth-order valence-electron chi connectivity index (χ4n) is 2.74. The molecule has 1 unspecified atom stereocenters. The number of nitrogens with two attached hydrogens (primary N) is 1. The van der Waals surface area contributed by atoms with E-state index in [0.717, 1.165) is 29.9 Å². The molecule has 2 N–H and O–H groups in total. The molecule has 22 heavy (non-hydrogen) atoms. The lowest BCUT2D eigenvalue weighted by atomic mass is 10.1. The average molecular weight is 293 g/mol. The summed E-state index contributed by atoms with van der Waals surface area (Å²) in [5.41, 5.74) is 12.1. The van der Waals surface area contributed by atoms with Crippen LogP contribution >= 0.6 is 0 Å². The smallest absolute Gasteiger partial charge is 0.141 e. The predicted molar refractivity (Wildman–Crippen MR) is 92.9 cm³/mol. The number of fused-ring (bicyclic) bond motifs is 1. The molecule has 1 aromatic heterocycles. The van der Waals surface area contributed by atoms with Crippen molar-refractivity contribution in [3.63, 3.8) is 0 Å². The van der Waals surface area contributed by atoms with Crippen LogP contribution in [0.3, 0.4) is 0 Å². The zero-order valence-electron chi connectivity index (χ0n) is 13.5. The lowest BCUT2D eigenvalue weighted by Crippen LogP contribution is -2.25. The average Bonchev–Trinajstić information content (AvgIpc) is 2.86. The van der Waals surface area contributed by atoms with Crippen molar-refractivity contribution in [1.82, 2.24) is 9.55 Å². The molecule has 1 atom stereocenters. The van der Waals surface area contributed by atoms with Crippen molar-refractivity contribution in [3.8, 4) is 11.4 Å². The van der Waals surface area contributed by atoms with E-state index in [2.05, 4.69) is 61.7 Å². The molecule has 0 aliphatic carbocycles. The van der Waals surface area contributed by atoms with Gasteiger partial charge in [-0.15, -0.1) is 0 Å². The molecule has 3 nitrogen and oxygen atoms in total. The number of benzene rings is 2. The molecule has 3 heteroatoms. The van der Waals surface area contributed by atoms with Gasteiger partial charge in [0, 0.05) is 18.2 Å². The highest BCUT2D eigenvalue weighted by molar-refractivity contribution is 5.82. The van der Waals surface area contributed by atoms with Crippen LogP contribution in [-0.4, -0.2) is 15.6 Å². The lowest BCUT2D eigenvalue weighted by molar-refractivity contribution is 0.551. The van der Waals surface area contributed by atoms with Crippen LogP contribution in [-0.2, 0) is 6.54 Å². The summed E-state index contributed by atoms with van der Waals surface area (Å²) in [6, 6.07) is 14.9. The summed E-state index contributed by atoms with van der Waals surface area (Å²) >= 11 is 0. The monoisotopic (exact) mass is 293 g/mol. The predicted octanol–water partition coefficient (Wildman–Crippen LogP) is 4.06. The molecule has 1 heterocycles. The summed E-state index contributed by atoms with van der Waals surface area (Å²) in [6.45, 7) is 7.20. The molecule has 0 fully saturated rings. The Morgan fingerprint density at radius 3 is 2.45 bits per heavy atom. The van der Waals surface area contributed by atoms with Crippen LogP contribution in [0.5, 0.6) is 0 Å². The van der Waals surface area contributed by atoms with Crippen LogP contribution in [0.1, 0.15) is 24.5 Å². The van der Waals surface area contributed by atoms with Gasteiger partial charge in [-0.2, -0.15) is 0 Å². The first-order valence-electron chi connectivity index (χ1n) is 7.88. The molecule has 114 valence electrons. The van der Waals surface area contributed by atoms with Gasteiger partial charge in [0.15, 0.2) is 0 Å². The van der Waals surface area contributed by atoms with E-state index in [4.69, 9.17) is 10.7 Å². The second kappa shape index (κ2) is 5.93. The van der Waals surface area contributed by atoms with Crippen molar-refractivity contribution >= 4 is 11.0 Å². The van der Waals surface area contributed by atoms with E-state index < -0.39 is 0 Å². The maximum atomic E-state index is 6.22. The normalized spacial score (nSPS) is 12.7. The first kappa shape index (κ1) is 14.8. The SMILES string of the molecule is CCC(N)Cn1c(-c2ccccc2)nc2cc(C)c(C)cc21. The van der Waals surface area contributed by atoms with E-state index in [1.807, 2.05) is 6.07 Å². The van der Waals surface area contributed by atoms with Gasteiger partial charge < -0.3 is 10.3 Å². The number of hydrogen-bond donors (Lipinski definition) is 1. The molecule has 0 bridgehead atoms. The molecule has 0 saturated heterocycles. The van der Waals surface area contributed by atoms with Crippen molar-refractivity contribution in [3.05, 3.63) is 53.6 Å². The Hall–Kier alpha value is -2.13. The summed E-state index contributed by atoms with van der Waals surface area (Å²) < 4.78 is 2.27. The molecule has 0 saturated carbocycles. The fraction of sp³-hybridized carbons (Fsp3) is 0.316. The third kappa shape index (κ3) is 2.64. The second-order valence-electron chi connectivity index (χ2n) is 6.01. The Balaban J connectivity index is 2.23. The van der Waals surface area contributed by atoms with Crippen molar-refractivity contribution < 1.29 is 0 Å². The van der Waals surface area contributed by atoms with Crippen LogP contribution in [0, 0.1) is 13.8 Å². The van der Waals surface area contributed by atoms with Crippen LogP contribution < -0.4 is 5.73 Å². The molecule has 0 amide bonds. The number of imidazole rings is 1. The number of rotatable bonds is 4. The van der Waals surface area contributed by atoms with E-state index in [9.17, 15) is 0 Å². The van der Waals surface area contributed by atoms with Gasteiger partial charge in [-0.3, -0.25) is 0 Å². The number of hydrogen-bond acceptors (Lipinski definition) is 2. The summed E-state index contributed by atoms with van der Waals surface area (Å²) in [4.78, 5) is 4.88. The van der Waals surface area contributed by atoms with Gasteiger partial charge in [0.2, 0.25) is 0 Å². The lowest BCUT2D eigenvalue weighted by Gasteiger charge is -2.14. The molecule has 3 rings (SSSR count). The van der Waals surface area contributed by atoms with Crippen LogP contribution in [0.25, 0.3) is 22.4 Å². The molecular formula is C19H23N3. The van der Waals surface area contributed by atoms with Crippen LogP contribution in [0.15, 0.2) is 42.5 Å². The van der Waals surface area contributed by atoms with Crippen molar-refractivity contribution in [2.45, 2.75) is 39.8 Å². The molecule has 0 spiro atoms. The van der Waals surface area contributed by atoms with E-state index in [-0.39, 0.29) is 6.04 Å². The van der Waals surface area contributed by atoms with Gasteiger partial charge in [0.1, 0.15) is 5.82 Å². The van der Waals surface area contributed by atoms with Crippen LogP contribution in [0.4, 0.5) is 0 Å². The molecule has 0 aliphatic rings. The first-order valence-corrected chi connectivity index (χ1v) is 7.88. The Morgan fingerprint density at radius 1 is 1.09 bits per heavy atom. The Kier molecular flexibility index (Phi) is 3.99. The summed E-state index contributed by atoms with van der Waals surface area (Å²) in [6.07, 6.45) is 0.957. The summed E-state index contributed by atoms with van der Waals surface area (Å²) in [7, 11) is 0. The molecular weight excluding hydrogens is 270 g/mol. The first-order chi connectivity index (χ1) is 10.6. The highest BCUT2D eigenvalue weighted by atomic mass is 15.1. The van der Waals surface area contributed by atoms with Gasteiger partial charge in [-0.25, -0.2) is 4.98 Å². The Labute approximate surface area is 131 Å². The zero-order chi connectivity index (χ0) is 15.7. The number of nitrogens with zero attached hydrogens (tertiary/aromatic N) is 2. The third-order valence-electron chi connectivity index (χ3n) is 4.34. The van der Waals surface area contributed by atoms with Crippen LogP contribution in [0.2, 0.25) is 0 Å². The summed E-state index contributed by atoms with van der Waals surface area (Å²) in [5.74, 6) is 1.00. The van der Waals surface area contributed by atoms with E-state index in [1.54, 1.807) is 0 Å². The molecule has 3 aromatic rings. The maximum Gasteiger partial charge on any atom is 0.141 e. The summed E-state index contributed by atoms with van der Waals surface area (Å²) in [5, 5.41) is 0. The minimum Gasteiger partial charge on any atom is -0.326 e. The minimum atomic E-state index is 0.140. The van der Waals surface area contributed by atoms with Crippen molar-refractivity contribution in [1.29, 1.82) is 0 Å². The maximum absolute atomic E-state index is 6.22. The van der Waals surface area contributed by atoms with Gasteiger partial charge in [0.25, 0.3) is 0 Å². The quantitative estimate of drug-likeness (QED) is 0.788. The Morgan fingerprint density at radius 2 is 1.77 bits per heavy atom. The minimum absolute atomic E-state index is 0.140.